The lowest BCUT2D eigenvalue weighted by Gasteiger charge is -2.05. The number of ketones is 1. The van der Waals surface area contributed by atoms with E-state index in [9.17, 15) is 4.79 Å². The van der Waals surface area contributed by atoms with Gasteiger partial charge in [0.1, 0.15) is 0 Å². The zero-order chi connectivity index (χ0) is 13.4. The molecule has 2 heterocycles. The Morgan fingerprint density at radius 1 is 1.37 bits per heavy atom. The van der Waals surface area contributed by atoms with Crippen molar-refractivity contribution in [1.82, 2.24) is 4.57 Å². The second kappa shape index (κ2) is 4.56. The van der Waals surface area contributed by atoms with Gasteiger partial charge in [-0.2, -0.15) is 5.26 Å². The lowest BCUT2D eigenvalue weighted by atomic mass is 10.1. The Kier molecular flexibility index (Phi) is 2.88. The van der Waals surface area contributed by atoms with Crippen LogP contribution in [0.5, 0.6) is 0 Å². The fourth-order valence-electron chi connectivity index (χ4n) is 2.55. The highest BCUT2D eigenvalue weighted by atomic mass is 35.5. The van der Waals surface area contributed by atoms with Crippen molar-refractivity contribution in [3.63, 3.8) is 0 Å². The van der Waals surface area contributed by atoms with E-state index in [1.165, 1.54) is 0 Å². The van der Waals surface area contributed by atoms with Crippen molar-refractivity contribution in [2.24, 2.45) is 0 Å². The number of hydrogen-bond donors (Lipinski definition) is 0. The van der Waals surface area contributed by atoms with Crippen LogP contribution in [0.1, 0.15) is 34.1 Å². The van der Waals surface area contributed by atoms with E-state index in [0.29, 0.717) is 16.3 Å². The second-order valence-corrected chi connectivity index (χ2v) is 5.04. The minimum absolute atomic E-state index is 0.0488. The molecule has 1 aliphatic heterocycles. The maximum Gasteiger partial charge on any atom is 0.209 e. The molecule has 1 aliphatic rings. The topological polar surface area (TPSA) is 45.8 Å². The van der Waals surface area contributed by atoms with E-state index in [0.717, 1.165) is 18.7 Å². The van der Waals surface area contributed by atoms with Gasteiger partial charge in [0.05, 0.1) is 17.7 Å². The number of rotatable bonds is 2. The summed E-state index contributed by atoms with van der Waals surface area (Å²) in [6, 6.07) is 12.9. The molecule has 0 fully saturated rings. The largest absolute Gasteiger partial charge is 0.341 e. The van der Waals surface area contributed by atoms with Crippen LogP contribution in [0, 0.1) is 11.3 Å². The predicted octanol–water partition coefficient (Wildman–Crippen LogP) is 3.38. The van der Waals surface area contributed by atoms with Gasteiger partial charge in [-0.25, -0.2) is 0 Å². The molecule has 0 spiro atoms. The highest BCUT2D eigenvalue weighted by Gasteiger charge is 2.26. The van der Waals surface area contributed by atoms with Crippen LogP contribution in [0.3, 0.4) is 0 Å². The molecule has 3 nitrogen and oxygen atoms in total. The van der Waals surface area contributed by atoms with E-state index in [1.54, 1.807) is 30.3 Å². The van der Waals surface area contributed by atoms with E-state index in [2.05, 4.69) is 6.07 Å². The number of carbonyl (C=O) groups is 1. The Bertz CT molecular complexity index is 696. The van der Waals surface area contributed by atoms with Gasteiger partial charge in [0, 0.05) is 22.8 Å². The molecule has 1 aromatic carbocycles. The fourth-order valence-corrected chi connectivity index (χ4v) is 2.74. The monoisotopic (exact) mass is 270 g/mol. The molecule has 19 heavy (non-hydrogen) atoms. The number of hydrogen-bond acceptors (Lipinski definition) is 2. The predicted molar refractivity (Wildman–Crippen MR) is 72.3 cm³/mol. The van der Waals surface area contributed by atoms with Crippen LogP contribution in [-0.2, 0) is 6.54 Å². The van der Waals surface area contributed by atoms with Crippen LogP contribution in [0.25, 0.3) is 0 Å². The van der Waals surface area contributed by atoms with Gasteiger partial charge >= 0.3 is 0 Å². The maximum atomic E-state index is 12.5. The first kappa shape index (κ1) is 12.0. The van der Waals surface area contributed by atoms with E-state index < -0.39 is 0 Å². The molecule has 0 saturated carbocycles. The van der Waals surface area contributed by atoms with E-state index in [4.69, 9.17) is 16.9 Å². The summed E-state index contributed by atoms with van der Waals surface area (Å²) in [5.41, 5.74) is 2.15. The normalized spacial score (nSPS) is 16.9. The van der Waals surface area contributed by atoms with Crippen molar-refractivity contribution < 1.29 is 4.79 Å². The van der Waals surface area contributed by atoms with Crippen LogP contribution in [0.2, 0.25) is 5.02 Å². The van der Waals surface area contributed by atoms with Crippen LogP contribution in [0.15, 0.2) is 36.4 Å². The van der Waals surface area contributed by atoms with Gasteiger partial charge in [0.2, 0.25) is 5.78 Å². The highest BCUT2D eigenvalue weighted by molar-refractivity contribution is 6.31. The van der Waals surface area contributed by atoms with Gasteiger partial charge < -0.3 is 4.57 Å². The third-order valence-corrected chi connectivity index (χ3v) is 3.72. The Morgan fingerprint density at radius 2 is 2.21 bits per heavy atom. The molecule has 0 N–H and O–H groups in total. The van der Waals surface area contributed by atoms with E-state index in [-0.39, 0.29) is 11.7 Å². The Labute approximate surface area is 116 Å². The van der Waals surface area contributed by atoms with Gasteiger partial charge in [-0.1, -0.05) is 23.7 Å². The zero-order valence-electron chi connectivity index (χ0n) is 10.1. The van der Waals surface area contributed by atoms with Crippen molar-refractivity contribution in [2.45, 2.75) is 18.9 Å². The Balaban J connectivity index is 2.01. The molecule has 1 atom stereocenters. The standard InChI is InChI=1S/C15H11ClN2O/c16-12-3-1-2-10(8-12)15(19)14-5-4-13-11(9-17)6-7-18(13)14/h1-5,8,11H,6-7H2. The third-order valence-electron chi connectivity index (χ3n) is 3.49. The van der Waals surface area contributed by atoms with Crippen LogP contribution in [0.4, 0.5) is 0 Å². The number of halogens is 1. The van der Waals surface area contributed by atoms with Gasteiger partial charge in [-0.15, -0.1) is 0 Å². The van der Waals surface area contributed by atoms with Crippen LogP contribution in [-0.4, -0.2) is 10.4 Å². The first-order valence-electron chi connectivity index (χ1n) is 6.10. The number of aromatic nitrogens is 1. The first-order chi connectivity index (χ1) is 9.20. The van der Waals surface area contributed by atoms with Crippen molar-refractivity contribution in [1.29, 1.82) is 5.26 Å². The molecule has 3 rings (SSSR count). The summed E-state index contributed by atoms with van der Waals surface area (Å²) in [6.45, 7) is 0.724. The van der Waals surface area contributed by atoms with Gasteiger partial charge in [0.25, 0.3) is 0 Å². The summed E-state index contributed by atoms with van der Waals surface area (Å²) < 4.78 is 1.94. The Morgan fingerprint density at radius 3 is 2.95 bits per heavy atom. The number of nitriles is 1. The van der Waals surface area contributed by atoms with Gasteiger partial charge in [-0.3, -0.25) is 4.79 Å². The van der Waals surface area contributed by atoms with Crippen molar-refractivity contribution in [2.75, 3.05) is 0 Å². The molecule has 1 unspecified atom stereocenters. The number of fused-ring (bicyclic) bond motifs is 1. The zero-order valence-corrected chi connectivity index (χ0v) is 10.9. The van der Waals surface area contributed by atoms with Gasteiger partial charge in [-0.05, 0) is 30.7 Å². The number of carbonyl (C=O) groups excluding carboxylic acids is 1. The third kappa shape index (κ3) is 1.94. The smallest absolute Gasteiger partial charge is 0.209 e. The molecule has 1 aromatic heterocycles. The summed E-state index contributed by atoms with van der Waals surface area (Å²) in [4.78, 5) is 12.5. The second-order valence-electron chi connectivity index (χ2n) is 4.60. The van der Waals surface area contributed by atoms with E-state index >= 15 is 0 Å². The lowest BCUT2D eigenvalue weighted by Crippen LogP contribution is -2.08. The molecule has 94 valence electrons. The molecule has 0 radical (unpaired) electrons. The fraction of sp³-hybridized carbons (Fsp3) is 0.200. The van der Waals surface area contributed by atoms with Gasteiger partial charge in [0.15, 0.2) is 0 Å². The molecular weight excluding hydrogens is 260 g/mol. The summed E-state index contributed by atoms with van der Waals surface area (Å²) >= 11 is 5.91. The molecule has 2 aromatic rings. The summed E-state index contributed by atoms with van der Waals surface area (Å²) in [5, 5.41) is 9.60. The molecule has 0 saturated heterocycles. The van der Waals surface area contributed by atoms with E-state index in [1.807, 2.05) is 10.6 Å². The molecule has 0 aliphatic carbocycles. The maximum absolute atomic E-state index is 12.5. The average Bonchev–Trinajstić information content (AvgIpc) is 2.98. The molecular formula is C15H11ClN2O. The van der Waals surface area contributed by atoms with Crippen molar-refractivity contribution in [3.05, 3.63) is 58.4 Å². The minimum Gasteiger partial charge on any atom is -0.341 e. The van der Waals surface area contributed by atoms with Crippen molar-refractivity contribution in [3.8, 4) is 6.07 Å². The molecule has 4 heteroatoms. The van der Waals surface area contributed by atoms with Crippen molar-refractivity contribution >= 4 is 17.4 Å². The summed E-state index contributed by atoms with van der Waals surface area (Å²) in [7, 11) is 0. The quantitative estimate of drug-likeness (QED) is 0.785. The summed E-state index contributed by atoms with van der Waals surface area (Å²) in [6.07, 6.45) is 0.780. The molecule has 0 amide bonds. The SMILES string of the molecule is N#CC1CCn2c(C(=O)c3cccc(Cl)c3)ccc21. The highest BCUT2D eigenvalue weighted by Crippen LogP contribution is 2.30. The first-order valence-corrected chi connectivity index (χ1v) is 6.48. The lowest BCUT2D eigenvalue weighted by molar-refractivity contribution is 0.103. The molecule has 0 bridgehead atoms. The average molecular weight is 271 g/mol. The number of nitrogens with zero attached hydrogens (tertiary/aromatic N) is 2. The van der Waals surface area contributed by atoms with Crippen LogP contribution >= 0.6 is 11.6 Å². The summed E-state index contributed by atoms with van der Waals surface area (Å²) in [5.74, 6) is -0.145. The Hall–Kier alpha value is -2.05. The minimum atomic E-state index is -0.0964. The number of benzene rings is 1. The van der Waals surface area contributed by atoms with Crippen LogP contribution < -0.4 is 0 Å².